The van der Waals surface area contributed by atoms with E-state index in [1.165, 1.54) is 36.8 Å². The predicted molar refractivity (Wildman–Crippen MR) is 148 cm³/mol. The summed E-state index contributed by atoms with van der Waals surface area (Å²) in [6.45, 7) is 10.6. The summed E-state index contributed by atoms with van der Waals surface area (Å²) in [6, 6.07) is 9.26. The Morgan fingerprint density at radius 3 is 2.38 bits per heavy atom. The van der Waals surface area contributed by atoms with Crippen LogP contribution in [0.15, 0.2) is 64.7 Å². The number of hydrogen-bond donors (Lipinski definition) is 1. The average molecular weight is 462 g/mol. The van der Waals surface area contributed by atoms with Gasteiger partial charge in [-0.25, -0.2) is 0 Å². The van der Waals surface area contributed by atoms with Crippen molar-refractivity contribution in [2.45, 2.75) is 91.9 Å². The van der Waals surface area contributed by atoms with Gasteiger partial charge in [0.15, 0.2) is 0 Å². The Labute approximate surface area is 209 Å². The first-order valence-corrected chi connectivity index (χ1v) is 13.5. The number of dihydropyridines is 1. The minimum absolute atomic E-state index is 0.0235. The largest absolute Gasteiger partial charge is 0.396 e. The molecule has 1 heterocycles. The van der Waals surface area contributed by atoms with Gasteiger partial charge in [-0.15, -0.1) is 0 Å². The molecule has 1 N–H and O–H groups in total. The van der Waals surface area contributed by atoms with Crippen LogP contribution in [0, 0.1) is 16.7 Å². The summed E-state index contributed by atoms with van der Waals surface area (Å²) in [6.07, 6.45) is 22.4. The highest BCUT2D eigenvalue weighted by molar-refractivity contribution is 5.71. The third kappa shape index (κ3) is 8.69. The molecule has 1 aliphatic heterocycles. The molecule has 1 aliphatic carbocycles. The van der Waals surface area contributed by atoms with Gasteiger partial charge < -0.3 is 5.11 Å². The summed E-state index contributed by atoms with van der Waals surface area (Å²) < 4.78 is 0. The molecule has 2 atom stereocenters. The average Bonchev–Trinajstić information content (AvgIpc) is 2.91. The van der Waals surface area contributed by atoms with Crippen molar-refractivity contribution in [1.29, 1.82) is 0 Å². The van der Waals surface area contributed by atoms with Crippen molar-refractivity contribution in [3.63, 3.8) is 0 Å². The maximum Gasteiger partial charge on any atom is 0.0452 e. The lowest BCUT2D eigenvalue weighted by Crippen LogP contribution is -2.24. The molecule has 1 aromatic carbocycles. The van der Waals surface area contributed by atoms with E-state index in [2.05, 4.69) is 81.3 Å². The summed E-state index contributed by atoms with van der Waals surface area (Å²) in [5, 5.41) is 9.95. The fourth-order valence-corrected chi connectivity index (χ4v) is 5.57. The number of hydrogen-bond acceptors (Lipinski definition) is 2. The van der Waals surface area contributed by atoms with Crippen molar-refractivity contribution >= 4 is 6.21 Å². The summed E-state index contributed by atoms with van der Waals surface area (Å²) in [5.74, 6) is 0.575. The van der Waals surface area contributed by atoms with Gasteiger partial charge in [0.05, 0.1) is 0 Å². The van der Waals surface area contributed by atoms with E-state index < -0.39 is 0 Å². The summed E-state index contributed by atoms with van der Waals surface area (Å²) in [5.41, 5.74) is 6.35. The minimum Gasteiger partial charge on any atom is -0.396 e. The third-order valence-corrected chi connectivity index (χ3v) is 7.47. The first-order chi connectivity index (χ1) is 16.3. The highest BCUT2D eigenvalue weighted by atomic mass is 16.3. The van der Waals surface area contributed by atoms with E-state index in [9.17, 15) is 5.11 Å². The third-order valence-electron chi connectivity index (χ3n) is 7.47. The number of rotatable bonds is 9. The monoisotopic (exact) mass is 461 g/mol. The highest BCUT2D eigenvalue weighted by Crippen LogP contribution is 2.39. The molecule has 0 fully saturated rings. The lowest BCUT2D eigenvalue weighted by atomic mass is 9.72. The number of benzene rings is 1. The van der Waals surface area contributed by atoms with E-state index in [1.807, 2.05) is 6.21 Å². The molecule has 2 nitrogen and oxygen atoms in total. The molecule has 34 heavy (non-hydrogen) atoms. The molecule has 3 rings (SSSR count). The van der Waals surface area contributed by atoms with Crippen LogP contribution in [0.5, 0.6) is 0 Å². The molecule has 0 saturated heterocycles. The van der Waals surface area contributed by atoms with Gasteiger partial charge in [-0.05, 0) is 98.2 Å². The van der Waals surface area contributed by atoms with Crippen LogP contribution < -0.4 is 0 Å². The van der Waals surface area contributed by atoms with Crippen molar-refractivity contribution in [1.82, 2.24) is 0 Å². The normalized spacial score (nSPS) is 24.2. The molecule has 0 bridgehead atoms. The predicted octanol–water partition coefficient (Wildman–Crippen LogP) is 8.06. The van der Waals surface area contributed by atoms with Crippen molar-refractivity contribution in [3.8, 4) is 0 Å². The second kappa shape index (κ2) is 12.7. The number of allylic oxidation sites excluding steroid dienone is 5. The van der Waals surface area contributed by atoms with Crippen LogP contribution in [0.1, 0.15) is 90.2 Å². The van der Waals surface area contributed by atoms with Crippen LogP contribution in [-0.2, 0) is 12.8 Å². The molecule has 0 radical (unpaired) electrons. The van der Waals surface area contributed by atoms with Crippen LogP contribution in [0.3, 0.4) is 0 Å². The smallest absolute Gasteiger partial charge is 0.0452 e. The Bertz CT molecular complexity index is 881. The van der Waals surface area contributed by atoms with Crippen molar-refractivity contribution < 1.29 is 5.11 Å². The Morgan fingerprint density at radius 2 is 1.71 bits per heavy atom. The number of aliphatic imine (C=N–C) groups is 1. The summed E-state index contributed by atoms with van der Waals surface area (Å²) in [7, 11) is 0. The topological polar surface area (TPSA) is 32.6 Å². The molecule has 1 aromatic rings. The van der Waals surface area contributed by atoms with E-state index >= 15 is 0 Å². The fourth-order valence-electron chi connectivity index (χ4n) is 5.57. The quantitative estimate of drug-likeness (QED) is 0.371. The maximum atomic E-state index is 9.95. The molecular formula is C32H47NO. The maximum absolute atomic E-state index is 9.95. The SMILES string of the molecule is CC(C)(C)C/C1=C/CCC/C(C(C)(CCO)Cc2ccc(CCC3C=CC=NC3)cc2)=C\CC1. The second-order valence-corrected chi connectivity index (χ2v) is 12.0. The van der Waals surface area contributed by atoms with Gasteiger partial charge in [0.2, 0.25) is 0 Å². The molecule has 0 spiro atoms. The van der Waals surface area contributed by atoms with Crippen molar-refractivity contribution in [2.75, 3.05) is 13.2 Å². The van der Waals surface area contributed by atoms with Crippen molar-refractivity contribution in [2.24, 2.45) is 21.7 Å². The molecule has 186 valence electrons. The van der Waals surface area contributed by atoms with E-state index in [1.54, 1.807) is 11.1 Å². The van der Waals surface area contributed by atoms with Crippen LogP contribution in [0.4, 0.5) is 0 Å². The first-order valence-electron chi connectivity index (χ1n) is 13.5. The Morgan fingerprint density at radius 1 is 0.941 bits per heavy atom. The van der Waals surface area contributed by atoms with Gasteiger partial charge in [0.1, 0.15) is 0 Å². The van der Waals surface area contributed by atoms with Crippen LogP contribution in [0.2, 0.25) is 0 Å². The van der Waals surface area contributed by atoms with Gasteiger partial charge in [-0.2, -0.15) is 0 Å². The molecular weight excluding hydrogens is 414 g/mol. The zero-order valence-electron chi connectivity index (χ0n) is 22.2. The second-order valence-electron chi connectivity index (χ2n) is 12.0. The molecule has 0 aromatic heterocycles. The lowest BCUT2D eigenvalue weighted by molar-refractivity contribution is 0.218. The van der Waals surface area contributed by atoms with Crippen LogP contribution in [0.25, 0.3) is 0 Å². The molecule has 2 unspecified atom stereocenters. The van der Waals surface area contributed by atoms with Gasteiger partial charge >= 0.3 is 0 Å². The fraction of sp³-hybridized carbons (Fsp3) is 0.594. The minimum atomic E-state index is 0.0235. The lowest BCUT2D eigenvalue weighted by Gasteiger charge is -2.33. The standard InChI is InChI=1S/C32H47NO/c1-31(2,3)23-27-9-5-6-12-30(13-7-10-27)32(4,20-22-34)24-28-17-14-26(15-18-28)16-19-29-11-8-21-33-25-29/h8-9,11,13-15,17-18,21,29,34H,5-7,10,12,16,19-20,22-25H2,1-4H3/b27-9+,30-13+. The number of aryl methyl sites for hydroxylation is 1. The molecule has 0 saturated carbocycles. The first kappa shape index (κ1) is 26.7. The summed E-state index contributed by atoms with van der Waals surface area (Å²) in [4.78, 5) is 4.38. The Kier molecular flexibility index (Phi) is 9.95. The van der Waals surface area contributed by atoms with Crippen LogP contribution in [-0.4, -0.2) is 24.5 Å². The van der Waals surface area contributed by atoms with E-state index in [-0.39, 0.29) is 12.0 Å². The van der Waals surface area contributed by atoms with Gasteiger partial charge in [0, 0.05) is 19.4 Å². The van der Waals surface area contributed by atoms with Gasteiger partial charge in [-0.3, -0.25) is 4.99 Å². The molecule has 2 aliphatic rings. The van der Waals surface area contributed by atoms with E-state index in [0.717, 1.165) is 45.1 Å². The number of aliphatic hydroxyl groups is 1. The Hall–Kier alpha value is -1.93. The van der Waals surface area contributed by atoms with Crippen LogP contribution >= 0.6 is 0 Å². The van der Waals surface area contributed by atoms with E-state index in [0.29, 0.717) is 11.3 Å². The highest BCUT2D eigenvalue weighted by Gasteiger charge is 2.29. The van der Waals surface area contributed by atoms with Gasteiger partial charge in [0.25, 0.3) is 0 Å². The molecule has 0 amide bonds. The Balaban J connectivity index is 1.63. The van der Waals surface area contributed by atoms with Crippen molar-refractivity contribution in [3.05, 3.63) is 70.8 Å². The summed E-state index contributed by atoms with van der Waals surface area (Å²) >= 11 is 0. The molecule has 2 heteroatoms. The van der Waals surface area contributed by atoms with Gasteiger partial charge in [-0.1, -0.05) is 81.3 Å². The zero-order chi connectivity index (χ0) is 24.4. The number of nitrogens with zero attached hydrogens (tertiary/aromatic N) is 1. The zero-order valence-corrected chi connectivity index (χ0v) is 22.2. The van der Waals surface area contributed by atoms with E-state index in [4.69, 9.17) is 0 Å². The number of aliphatic hydroxyl groups excluding tert-OH is 1.